The third-order valence-corrected chi connectivity index (χ3v) is 3.16. The molecule has 0 radical (unpaired) electrons. The van der Waals surface area contributed by atoms with Crippen LogP contribution in [0.2, 0.25) is 0 Å². The fraction of sp³-hybridized carbons (Fsp3) is 0.250. The van der Waals surface area contributed by atoms with Gasteiger partial charge in [-0.15, -0.1) is 12.4 Å². The molecule has 2 aromatic carbocycles. The molecule has 3 nitrogen and oxygen atoms in total. The fourth-order valence-corrected chi connectivity index (χ4v) is 2.20. The molecular formula is C16H18ClNO2. The highest BCUT2D eigenvalue weighted by Gasteiger charge is 2.15. The lowest BCUT2D eigenvalue weighted by molar-refractivity contribution is 0.0768. The van der Waals surface area contributed by atoms with Crippen molar-refractivity contribution in [1.82, 2.24) is 5.32 Å². The van der Waals surface area contributed by atoms with Crippen LogP contribution in [0.5, 0.6) is 11.5 Å². The number of benzene rings is 2. The van der Waals surface area contributed by atoms with Gasteiger partial charge in [-0.2, -0.15) is 0 Å². The van der Waals surface area contributed by atoms with Crippen molar-refractivity contribution in [2.24, 2.45) is 0 Å². The first-order valence-corrected chi connectivity index (χ1v) is 6.56. The van der Waals surface area contributed by atoms with E-state index in [1.807, 2.05) is 42.5 Å². The molecule has 0 aliphatic carbocycles. The van der Waals surface area contributed by atoms with Crippen molar-refractivity contribution in [3.63, 3.8) is 0 Å². The molecular weight excluding hydrogens is 274 g/mol. The molecule has 106 valence electrons. The van der Waals surface area contributed by atoms with Crippen LogP contribution < -0.4 is 10.1 Å². The van der Waals surface area contributed by atoms with Crippen molar-refractivity contribution in [3.8, 4) is 11.5 Å². The molecule has 0 aromatic heterocycles. The van der Waals surface area contributed by atoms with Crippen LogP contribution in [0.15, 0.2) is 54.6 Å². The summed E-state index contributed by atoms with van der Waals surface area (Å²) >= 11 is 0. The van der Waals surface area contributed by atoms with Gasteiger partial charge in [0.05, 0.1) is 19.3 Å². The van der Waals surface area contributed by atoms with Crippen molar-refractivity contribution in [2.45, 2.75) is 6.04 Å². The van der Waals surface area contributed by atoms with E-state index in [4.69, 9.17) is 9.47 Å². The van der Waals surface area contributed by atoms with Gasteiger partial charge in [0.1, 0.15) is 11.5 Å². The molecule has 3 rings (SSSR count). The average molecular weight is 292 g/mol. The molecule has 4 heteroatoms. The van der Waals surface area contributed by atoms with Crippen LogP contribution in [-0.4, -0.2) is 19.8 Å². The van der Waals surface area contributed by atoms with E-state index in [1.165, 1.54) is 5.56 Å². The van der Waals surface area contributed by atoms with Gasteiger partial charge in [0.2, 0.25) is 0 Å². The lowest BCUT2D eigenvalue weighted by Crippen LogP contribution is -2.34. The van der Waals surface area contributed by atoms with Gasteiger partial charge in [-0.1, -0.05) is 30.3 Å². The normalized spacial score (nSPS) is 18.1. The van der Waals surface area contributed by atoms with Crippen LogP contribution in [0.1, 0.15) is 11.6 Å². The molecule has 0 unspecified atom stereocenters. The van der Waals surface area contributed by atoms with E-state index in [0.717, 1.165) is 31.3 Å². The topological polar surface area (TPSA) is 30.5 Å². The average Bonchev–Trinajstić information content (AvgIpc) is 2.49. The molecule has 1 fully saturated rings. The largest absolute Gasteiger partial charge is 0.457 e. The quantitative estimate of drug-likeness (QED) is 0.938. The van der Waals surface area contributed by atoms with Gasteiger partial charge in [-0.25, -0.2) is 0 Å². The molecule has 0 bridgehead atoms. The maximum atomic E-state index is 5.84. The van der Waals surface area contributed by atoms with Crippen LogP contribution in [0.25, 0.3) is 0 Å². The van der Waals surface area contributed by atoms with E-state index in [2.05, 4.69) is 17.4 Å². The number of rotatable bonds is 3. The van der Waals surface area contributed by atoms with Crippen molar-refractivity contribution >= 4 is 12.4 Å². The molecule has 2 aromatic rings. The predicted octanol–water partition coefficient (Wildman–Crippen LogP) is 3.56. The molecule has 1 aliphatic rings. The van der Waals surface area contributed by atoms with Crippen LogP contribution in [0.4, 0.5) is 0 Å². The Labute approximate surface area is 125 Å². The summed E-state index contributed by atoms with van der Waals surface area (Å²) < 4.78 is 11.3. The predicted molar refractivity (Wildman–Crippen MR) is 81.8 cm³/mol. The third-order valence-electron chi connectivity index (χ3n) is 3.16. The lowest BCUT2D eigenvalue weighted by atomic mass is 10.1. The van der Waals surface area contributed by atoms with Gasteiger partial charge in [0.15, 0.2) is 0 Å². The second kappa shape index (κ2) is 7.29. The van der Waals surface area contributed by atoms with E-state index in [-0.39, 0.29) is 18.4 Å². The standard InChI is InChI=1S/C16H17NO2.ClH/c1-2-6-14(7-3-1)19-15-8-4-5-13(11-15)16-12-18-10-9-17-16;/h1-8,11,16-17H,9-10,12H2;1H/t16-;/m1./s1. The Hall–Kier alpha value is -1.55. The molecule has 1 N–H and O–H groups in total. The summed E-state index contributed by atoms with van der Waals surface area (Å²) in [7, 11) is 0. The molecule has 1 heterocycles. The van der Waals surface area contributed by atoms with E-state index < -0.39 is 0 Å². The molecule has 0 spiro atoms. The number of nitrogens with one attached hydrogen (secondary N) is 1. The molecule has 1 saturated heterocycles. The van der Waals surface area contributed by atoms with Crippen LogP contribution in [0.3, 0.4) is 0 Å². The Morgan fingerprint density at radius 1 is 1.00 bits per heavy atom. The second-order valence-corrected chi connectivity index (χ2v) is 4.57. The molecule has 1 atom stereocenters. The van der Waals surface area contributed by atoms with E-state index in [0.29, 0.717) is 0 Å². The molecule has 1 aliphatic heterocycles. The van der Waals surface area contributed by atoms with Crippen molar-refractivity contribution in [1.29, 1.82) is 0 Å². The van der Waals surface area contributed by atoms with Gasteiger partial charge in [0, 0.05) is 6.54 Å². The van der Waals surface area contributed by atoms with Crippen LogP contribution in [0, 0.1) is 0 Å². The summed E-state index contributed by atoms with van der Waals surface area (Å²) in [6.07, 6.45) is 0. The Kier molecular flexibility index (Phi) is 5.41. The summed E-state index contributed by atoms with van der Waals surface area (Å²) in [6, 6.07) is 18.2. The lowest BCUT2D eigenvalue weighted by Gasteiger charge is -2.24. The summed E-state index contributed by atoms with van der Waals surface area (Å²) in [6.45, 7) is 2.40. The maximum Gasteiger partial charge on any atom is 0.127 e. The van der Waals surface area contributed by atoms with Gasteiger partial charge in [-0.3, -0.25) is 0 Å². The zero-order valence-corrected chi connectivity index (χ0v) is 11.9. The Bertz CT molecular complexity index is 527. The monoisotopic (exact) mass is 291 g/mol. The van der Waals surface area contributed by atoms with E-state index in [9.17, 15) is 0 Å². The van der Waals surface area contributed by atoms with E-state index in [1.54, 1.807) is 0 Å². The number of hydrogen-bond acceptors (Lipinski definition) is 3. The molecule has 20 heavy (non-hydrogen) atoms. The first kappa shape index (κ1) is 14.9. The Morgan fingerprint density at radius 2 is 1.80 bits per heavy atom. The minimum absolute atomic E-state index is 0. The first-order chi connectivity index (χ1) is 9.42. The molecule has 0 amide bonds. The molecule has 0 saturated carbocycles. The highest BCUT2D eigenvalue weighted by atomic mass is 35.5. The van der Waals surface area contributed by atoms with Gasteiger partial charge in [-0.05, 0) is 29.8 Å². The van der Waals surface area contributed by atoms with Gasteiger partial charge < -0.3 is 14.8 Å². The van der Waals surface area contributed by atoms with Crippen molar-refractivity contribution in [2.75, 3.05) is 19.8 Å². The maximum absolute atomic E-state index is 5.84. The zero-order chi connectivity index (χ0) is 12.9. The van der Waals surface area contributed by atoms with Gasteiger partial charge >= 0.3 is 0 Å². The van der Waals surface area contributed by atoms with Crippen LogP contribution in [-0.2, 0) is 4.74 Å². The smallest absolute Gasteiger partial charge is 0.127 e. The SMILES string of the molecule is Cl.c1ccc(Oc2cccc([C@H]3COCCN3)c2)cc1. The van der Waals surface area contributed by atoms with Crippen molar-refractivity contribution < 1.29 is 9.47 Å². The minimum Gasteiger partial charge on any atom is -0.457 e. The highest BCUT2D eigenvalue weighted by molar-refractivity contribution is 5.85. The zero-order valence-electron chi connectivity index (χ0n) is 11.1. The number of hydrogen-bond donors (Lipinski definition) is 1. The Morgan fingerprint density at radius 3 is 2.55 bits per heavy atom. The fourth-order valence-electron chi connectivity index (χ4n) is 2.20. The number of ether oxygens (including phenoxy) is 2. The number of morpholine rings is 1. The first-order valence-electron chi connectivity index (χ1n) is 6.56. The van der Waals surface area contributed by atoms with E-state index >= 15 is 0 Å². The van der Waals surface area contributed by atoms with Gasteiger partial charge in [0.25, 0.3) is 0 Å². The highest BCUT2D eigenvalue weighted by Crippen LogP contribution is 2.25. The number of halogens is 1. The van der Waals surface area contributed by atoms with Crippen LogP contribution >= 0.6 is 12.4 Å². The summed E-state index contributed by atoms with van der Waals surface area (Å²) in [5.74, 6) is 1.71. The second-order valence-electron chi connectivity index (χ2n) is 4.57. The number of para-hydroxylation sites is 1. The third kappa shape index (κ3) is 3.73. The minimum atomic E-state index is 0. The Balaban J connectivity index is 0.00000147. The summed E-state index contributed by atoms with van der Waals surface area (Å²) in [4.78, 5) is 0. The summed E-state index contributed by atoms with van der Waals surface area (Å²) in [5.41, 5.74) is 1.20. The summed E-state index contributed by atoms with van der Waals surface area (Å²) in [5, 5.41) is 3.45. The van der Waals surface area contributed by atoms with Crippen molar-refractivity contribution in [3.05, 3.63) is 60.2 Å².